The number of ether oxygens (including phenoxy) is 1. The van der Waals surface area contributed by atoms with Crippen LogP contribution in [-0.2, 0) is 23.0 Å². The number of unbranched alkanes of at least 4 members (excludes halogenated alkanes) is 1. The Bertz CT molecular complexity index is 936. The van der Waals surface area contributed by atoms with E-state index in [2.05, 4.69) is 15.3 Å². The molecular weight excluding hydrogens is 418 g/mol. The van der Waals surface area contributed by atoms with Gasteiger partial charge in [0.2, 0.25) is 6.41 Å². The molecule has 0 atom stereocenters. The van der Waals surface area contributed by atoms with E-state index in [1.807, 2.05) is 37.9 Å². The number of hydrogen-bond donors (Lipinski definition) is 1. The molecule has 1 N–H and O–H groups in total. The normalized spacial score (nSPS) is 14.8. The minimum Gasteiger partial charge on any atom is -0.385 e. The van der Waals surface area contributed by atoms with Gasteiger partial charge in [0, 0.05) is 51.5 Å². The standard InChI is InChI=1S/C25H37N5O3/c1-5-20-15-23(26-18-31)22(24-19(2)17-27-28(24)3)16-21(20)25(32)30-11-8-10-29(12-13-30)9-6-7-14-33-4/h15-18H,5-14H2,1-4H3,(H,26,31). The molecule has 1 aliphatic heterocycles. The SMILES string of the molecule is CCc1cc(NC=O)c(-c2c(C)cnn2C)cc1C(=O)N1CCCN(CCCCOC)CC1. The number of rotatable bonds is 10. The zero-order valence-electron chi connectivity index (χ0n) is 20.4. The van der Waals surface area contributed by atoms with Crippen LogP contribution in [0.1, 0.15) is 47.7 Å². The molecule has 8 nitrogen and oxygen atoms in total. The van der Waals surface area contributed by atoms with Crippen molar-refractivity contribution >= 4 is 18.0 Å². The minimum absolute atomic E-state index is 0.0619. The molecule has 0 bridgehead atoms. The number of amides is 2. The highest BCUT2D eigenvalue weighted by atomic mass is 16.5. The number of carbonyl (C=O) groups excluding carboxylic acids is 2. The van der Waals surface area contributed by atoms with Crippen molar-refractivity contribution in [2.45, 2.75) is 39.5 Å². The van der Waals surface area contributed by atoms with Crippen molar-refractivity contribution < 1.29 is 14.3 Å². The first-order valence-electron chi connectivity index (χ1n) is 11.9. The van der Waals surface area contributed by atoms with Gasteiger partial charge in [-0.15, -0.1) is 0 Å². The molecule has 0 aliphatic carbocycles. The molecular formula is C25H37N5O3. The predicted molar refractivity (Wildman–Crippen MR) is 131 cm³/mol. The Morgan fingerprint density at radius 1 is 1.21 bits per heavy atom. The molecule has 1 saturated heterocycles. The van der Waals surface area contributed by atoms with Crippen LogP contribution in [-0.4, -0.2) is 78.3 Å². The monoisotopic (exact) mass is 455 g/mol. The summed E-state index contributed by atoms with van der Waals surface area (Å²) in [6, 6.07) is 3.87. The van der Waals surface area contributed by atoms with Crippen molar-refractivity contribution in [2.75, 3.05) is 51.8 Å². The Kier molecular flexibility index (Phi) is 9.03. The summed E-state index contributed by atoms with van der Waals surface area (Å²) in [5.41, 5.74) is 5.05. The van der Waals surface area contributed by atoms with Crippen LogP contribution in [0.5, 0.6) is 0 Å². The van der Waals surface area contributed by atoms with Crippen LogP contribution < -0.4 is 5.32 Å². The average Bonchev–Trinajstić information content (AvgIpc) is 3.00. The lowest BCUT2D eigenvalue weighted by Gasteiger charge is -2.24. The number of nitrogens with zero attached hydrogens (tertiary/aromatic N) is 4. The first-order valence-corrected chi connectivity index (χ1v) is 11.9. The van der Waals surface area contributed by atoms with Crippen molar-refractivity contribution in [2.24, 2.45) is 7.05 Å². The van der Waals surface area contributed by atoms with E-state index in [0.29, 0.717) is 24.1 Å². The Morgan fingerprint density at radius 3 is 2.70 bits per heavy atom. The van der Waals surface area contributed by atoms with Gasteiger partial charge in [-0.1, -0.05) is 6.92 Å². The van der Waals surface area contributed by atoms with Gasteiger partial charge < -0.3 is 19.9 Å². The van der Waals surface area contributed by atoms with Gasteiger partial charge in [0.15, 0.2) is 0 Å². The summed E-state index contributed by atoms with van der Waals surface area (Å²) in [5.74, 6) is 0.0619. The second-order valence-electron chi connectivity index (χ2n) is 8.66. The van der Waals surface area contributed by atoms with E-state index >= 15 is 0 Å². The zero-order valence-corrected chi connectivity index (χ0v) is 20.4. The van der Waals surface area contributed by atoms with Gasteiger partial charge in [-0.25, -0.2) is 0 Å². The summed E-state index contributed by atoms with van der Waals surface area (Å²) in [5, 5.41) is 7.17. The molecule has 0 radical (unpaired) electrons. The molecule has 0 unspecified atom stereocenters. The second kappa shape index (κ2) is 12.0. The topological polar surface area (TPSA) is 79.7 Å². The number of anilines is 1. The van der Waals surface area contributed by atoms with Crippen molar-refractivity contribution in [1.29, 1.82) is 0 Å². The maximum absolute atomic E-state index is 13.7. The lowest BCUT2D eigenvalue weighted by molar-refractivity contribution is -0.105. The van der Waals surface area contributed by atoms with Crippen LogP contribution in [0.2, 0.25) is 0 Å². The van der Waals surface area contributed by atoms with E-state index in [4.69, 9.17) is 4.74 Å². The number of hydrogen-bond acceptors (Lipinski definition) is 5. The fourth-order valence-corrected chi connectivity index (χ4v) is 4.60. The van der Waals surface area contributed by atoms with Gasteiger partial charge in [0.05, 0.1) is 17.6 Å². The Hall–Kier alpha value is -2.71. The molecule has 2 heterocycles. The molecule has 8 heteroatoms. The van der Waals surface area contributed by atoms with E-state index < -0.39 is 0 Å². The molecule has 1 aliphatic rings. The number of aromatic nitrogens is 2. The van der Waals surface area contributed by atoms with E-state index in [-0.39, 0.29) is 5.91 Å². The molecule has 3 rings (SSSR count). The van der Waals surface area contributed by atoms with Gasteiger partial charge >= 0.3 is 0 Å². The molecule has 1 fully saturated rings. The Balaban J connectivity index is 1.85. The summed E-state index contributed by atoms with van der Waals surface area (Å²) in [6.45, 7) is 9.24. The van der Waals surface area contributed by atoms with Crippen LogP contribution in [0.25, 0.3) is 11.3 Å². The van der Waals surface area contributed by atoms with E-state index in [1.165, 1.54) is 0 Å². The highest BCUT2D eigenvalue weighted by Gasteiger charge is 2.24. The molecule has 0 spiro atoms. The zero-order chi connectivity index (χ0) is 23.8. The van der Waals surface area contributed by atoms with Crippen LogP contribution >= 0.6 is 0 Å². The molecule has 180 valence electrons. The quantitative estimate of drug-likeness (QED) is 0.440. The average molecular weight is 456 g/mol. The third-order valence-electron chi connectivity index (χ3n) is 6.39. The largest absolute Gasteiger partial charge is 0.385 e. The first kappa shape index (κ1) is 24.9. The van der Waals surface area contributed by atoms with Crippen LogP contribution in [0.15, 0.2) is 18.3 Å². The van der Waals surface area contributed by atoms with Crippen LogP contribution in [0.3, 0.4) is 0 Å². The molecule has 0 saturated carbocycles. The summed E-state index contributed by atoms with van der Waals surface area (Å²) in [6.07, 6.45) is 6.33. The fraction of sp³-hybridized carbons (Fsp3) is 0.560. The van der Waals surface area contributed by atoms with Crippen molar-refractivity contribution in [3.63, 3.8) is 0 Å². The van der Waals surface area contributed by atoms with Crippen molar-refractivity contribution in [1.82, 2.24) is 19.6 Å². The third kappa shape index (κ3) is 6.00. The van der Waals surface area contributed by atoms with Gasteiger partial charge in [0.1, 0.15) is 0 Å². The van der Waals surface area contributed by atoms with Crippen LogP contribution in [0.4, 0.5) is 5.69 Å². The minimum atomic E-state index is 0.0619. The van der Waals surface area contributed by atoms with Gasteiger partial charge in [-0.3, -0.25) is 14.3 Å². The lowest BCUT2D eigenvalue weighted by atomic mass is 9.96. The van der Waals surface area contributed by atoms with Crippen molar-refractivity contribution in [3.05, 3.63) is 35.0 Å². The van der Waals surface area contributed by atoms with Gasteiger partial charge in [-0.05, 0) is 69.0 Å². The van der Waals surface area contributed by atoms with E-state index in [1.54, 1.807) is 18.0 Å². The number of benzene rings is 1. The molecule has 33 heavy (non-hydrogen) atoms. The molecule has 2 amide bonds. The first-order chi connectivity index (χ1) is 16.0. The Labute approximate surface area is 196 Å². The number of methoxy groups -OCH3 is 1. The maximum atomic E-state index is 13.7. The summed E-state index contributed by atoms with van der Waals surface area (Å²) < 4.78 is 6.94. The summed E-state index contributed by atoms with van der Waals surface area (Å²) in [4.78, 5) is 29.4. The fourth-order valence-electron chi connectivity index (χ4n) is 4.60. The van der Waals surface area contributed by atoms with Gasteiger partial charge in [0.25, 0.3) is 5.91 Å². The van der Waals surface area contributed by atoms with Gasteiger partial charge in [-0.2, -0.15) is 5.10 Å². The highest BCUT2D eigenvalue weighted by Crippen LogP contribution is 2.33. The predicted octanol–water partition coefficient (Wildman–Crippen LogP) is 3.10. The van der Waals surface area contributed by atoms with Crippen molar-refractivity contribution in [3.8, 4) is 11.3 Å². The molecule has 1 aromatic carbocycles. The van der Waals surface area contributed by atoms with Crippen LogP contribution in [0, 0.1) is 6.92 Å². The maximum Gasteiger partial charge on any atom is 0.254 e. The third-order valence-corrected chi connectivity index (χ3v) is 6.39. The number of carbonyl (C=O) groups is 2. The molecule has 1 aromatic heterocycles. The lowest BCUT2D eigenvalue weighted by Crippen LogP contribution is -2.36. The number of aryl methyl sites for hydroxylation is 3. The van der Waals surface area contributed by atoms with E-state index in [9.17, 15) is 9.59 Å². The summed E-state index contributed by atoms with van der Waals surface area (Å²) >= 11 is 0. The second-order valence-corrected chi connectivity index (χ2v) is 8.66. The Morgan fingerprint density at radius 2 is 2.03 bits per heavy atom. The highest BCUT2D eigenvalue weighted by molar-refractivity contribution is 5.99. The summed E-state index contributed by atoms with van der Waals surface area (Å²) in [7, 11) is 3.61. The number of nitrogens with one attached hydrogen (secondary N) is 1. The molecule has 2 aromatic rings. The van der Waals surface area contributed by atoms with E-state index in [0.717, 1.165) is 81.0 Å². The smallest absolute Gasteiger partial charge is 0.254 e.